The first kappa shape index (κ1) is 16.2. The predicted molar refractivity (Wildman–Crippen MR) is 84.5 cm³/mol. The van der Waals surface area contributed by atoms with Crippen molar-refractivity contribution in [2.24, 2.45) is 22.7 Å². The molecular weight excluding hydrogens is 318 g/mol. The van der Waals surface area contributed by atoms with Crippen LogP contribution in [0.15, 0.2) is 23.1 Å². The fourth-order valence-electron chi connectivity index (χ4n) is 3.67. The van der Waals surface area contributed by atoms with Crippen molar-refractivity contribution in [3.63, 3.8) is 0 Å². The zero-order valence-electron chi connectivity index (χ0n) is 12.9. The number of primary sulfonamides is 1. The standard InChI is InChI=1S/C15H21N3O4S/c1-22-14-5-3-10(23(17,20)21)6-11(14)15(19)18-7-9-2-4-13(16)12(9)8-18/h3,5-6,9,12-13H,2,4,7-8,16H2,1H3,(H2,17,20,21). The molecule has 1 heterocycles. The molecule has 3 unspecified atom stereocenters. The Morgan fingerprint density at radius 1 is 1.30 bits per heavy atom. The van der Waals surface area contributed by atoms with E-state index in [1.807, 2.05) is 0 Å². The third kappa shape index (κ3) is 2.93. The molecule has 1 saturated carbocycles. The Morgan fingerprint density at radius 3 is 2.65 bits per heavy atom. The smallest absolute Gasteiger partial charge is 0.257 e. The zero-order chi connectivity index (χ0) is 16.8. The molecule has 1 aromatic carbocycles. The zero-order valence-corrected chi connectivity index (χ0v) is 13.8. The van der Waals surface area contributed by atoms with E-state index in [9.17, 15) is 13.2 Å². The second-order valence-electron chi connectivity index (χ2n) is 6.28. The number of fused-ring (bicyclic) bond motifs is 1. The minimum atomic E-state index is -3.88. The van der Waals surface area contributed by atoms with Gasteiger partial charge in [-0.2, -0.15) is 0 Å². The highest BCUT2D eigenvalue weighted by molar-refractivity contribution is 7.89. The minimum Gasteiger partial charge on any atom is -0.496 e. The van der Waals surface area contributed by atoms with Gasteiger partial charge in [0.25, 0.3) is 5.91 Å². The Labute approximate surface area is 135 Å². The van der Waals surface area contributed by atoms with E-state index in [0.717, 1.165) is 12.8 Å². The van der Waals surface area contributed by atoms with E-state index in [1.54, 1.807) is 4.90 Å². The number of hydrogen-bond donors (Lipinski definition) is 2. The second-order valence-corrected chi connectivity index (χ2v) is 7.84. The van der Waals surface area contributed by atoms with E-state index in [4.69, 9.17) is 15.6 Å². The molecule has 0 aromatic heterocycles. The molecule has 23 heavy (non-hydrogen) atoms. The first-order valence-corrected chi connectivity index (χ1v) is 9.11. The highest BCUT2D eigenvalue weighted by Gasteiger charge is 2.43. The number of amides is 1. The molecule has 3 atom stereocenters. The molecule has 8 heteroatoms. The average molecular weight is 339 g/mol. The number of likely N-dealkylation sites (tertiary alicyclic amines) is 1. The van der Waals surface area contributed by atoms with E-state index >= 15 is 0 Å². The van der Waals surface area contributed by atoms with Gasteiger partial charge < -0.3 is 15.4 Å². The molecular formula is C15H21N3O4S. The Hall–Kier alpha value is -1.64. The Bertz CT molecular complexity index is 734. The van der Waals surface area contributed by atoms with Crippen LogP contribution in [0.1, 0.15) is 23.2 Å². The van der Waals surface area contributed by atoms with Crippen LogP contribution in [0.2, 0.25) is 0 Å². The highest BCUT2D eigenvalue weighted by Crippen LogP contribution is 2.38. The lowest BCUT2D eigenvalue weighted by Gasteiger charge is -2.20. The van der Waals surface area contributed by atoms with E-state index in [-0.39, 0.29) is 22.4 Å². The van der Waals surface area contributed by atoms with Gasteiger partial charge in [0.1, 0.15) is 5.75 Å². The molecule has 1 aliphatic heterocycles. The van der Waals surface area contributed by atoms with Crippen LogP contribution in [0.3, 0.4) is 0 Å². The summed E-state index contributed by atoms with van der Waals surface area (Å²) in [6.07, 6.45) is 2.03. The summed E-state index contributed by atoms with van der Waals surface area (Å²) in [7, 11) is -2.44. The van der Waals surface area contributed by atoms with Crippen molar-refractivity contribution in [2.45, 2.75) is 23.8 Å². The van der Waals surface area contributed by atoms with Crippen LogP contribution in [-0.2, 0) is 10.0 Å². The van der Waals surface area contributed by atoms with Gasteiger partial charge in [-0.25, -0.2) is 13.6 Å². The third-order valence-electron chi connectivity index (χ3n) is 4.93. The van der Waals surface area contributed by atoms with Crippen molar-refractivity contribution in [3.05, 3.63) is 23.8 Å². The number of nitrogens with zero attached hydrogens (tertiary/aromatic N) is 1. The van der Waals surface area contributed by atoms with Crippen LogP contribution in [0.25, 0.3) is 0 Å². The number of rotatable bonds is 3. The fraction of sp³-hybridized carbons (Fsp3) is 0.533. The molecule has 0 radical (unpaired) electrons. The Balaban J connectivity index is 1.90. The number of ether oxygens (including phenoxy) is 1. The summed E-state index contributed by atoms with van der Waals surface area (Å²) in [5, 5.41) is 5.15. The molecule has 1 aromatic rings. The molecule has 126 valence electrons. The summed E-state index contributed by atoms with van der Waals surface area (Å²) in [5.41, 5.74) is 6.32. The lowest BCUT2D eigenvalue weighted by molar-refractivity contribution is 0.0776. The third-order valence-corrected chi connectivity index (χ3v) is 5.84. The maximum atomic E-state index is 12.8. The van der Waals surface area contributed by atoms with Crippen molar-refractivity contribution < 1.29 is 17.9 Å². The second kappa shape index (κ2) is 5.77. The summed E-state index contributed by atoms with van der Waals surface area (Å²) in [5.74, 6) is 0.852. The van der Waals surface area contributed by atoms with E-state index in [2.05, 4.69) is 0 Å². The number of sulfonamides is 1. The van der Waals surface area contributed by atoms with Crippen molar-refractivity contribution in [1.29, 1.82) is 0 Å². The van der Waals surface area contributed by atoms with Crippen LogP contribution in [0, 0.1) is 11.8 Å². The SMILES string of the molecule is COc1ccc(S(N)(=O)=O)cc1C(=O)N1CC2CCC(N)C2C1. The van der Waals surface area contributed by atoms with Gasteiger partial charge in [-0.15, -0.1) is 0 Å². The molecule has 2 aliphatic rings. The molecule has 1 amide bonds. The number of methoxy groups -OCH3 is 1. The van der Waals surface area contributed by atoms with Gasteiger partial charge >= 0.3 is 0 Å². The van der Waals surface area contributed by atoms with E-state index < -0.39 is 10.0 Å². The number of carbonyl (C=O) groups is 1. The summed E-state index contributed by atoms with van der Waals surface area (Å²) < 4.78 is 28.3. The summed E-state index contributed by atoms with van der Waals surface area (Å²) in [4.78, 5) is 14.4. The molecule has 0 spiro atoms. The van der Waals surface area contributed by atoms with Gasteiger partial charge in [0.2, 0.25) is 10.0 Å². The predicted octanol–water partition coefficient (Wildman–Crippen LogP) is 0.152. The van der Waals surface area contributed by atoms with Gasteiger partial charge in [0.05, 0.1) is 17.6 Å². The van der Waals surface area contributed by atoms with Crippen LogP contribution in [0.5, 0.6) is 5.75 Å². The van der Waals surface area contributed by atoms with Crippen LogP contribution in [0.4, 0.5) is 0 Å². The Kier molecular flexibility index (Phi) is 4.07. The van der Waals surface area contributed by atoms with Crippen LogP contribution >= 0.6 is 0 Å². The van der Waals surface area contributed by atoms with Crippen molar-refractivity contribution >= 4 is 15.9 Å². The largest absolute Gasteiger partial charge is 0.496 e. The molecule has 2 fully saturated rings. The first-order valence-electron chi connectivity index (χ1n) is 7.57. The monoisotopic (exact) mass is 339 g/mol. The Morgan fingerprint density at radius 2 is 2.04 bits per heavy atom. The number of benzene rings is 1. The van der Waals surface area contributed by atoms with E-state index in [0.29, 0.717) is 30.7 Å². The van der Waals surface area contributed by atoms with Crippen LogP contribution < -0.4 is 15.6 Å². The number of carbonyl (C=O) groups excluding carboxylic acids is 1. The number of hydrogen-bond acceptors (Lipinski definition) is 5. The summed E-state index contributed by atoms with van der Waals surface area (Å²) in [6, 6.07) is 4.20. The minimum absolute atomic E-state index is 0.0993. The van der Waals surface area contributed by atoms with Gasteiger partial charge in [-0.1, -0.05) is 0 Å². The van der Waals surface area contributed by atoms with Gasteiger partial charge in [-0.3, -0.25) is 4.79 Å². The molecule has 7 nitrogen and oxygen atoms in total. The van der Waals surface area contributed by atoms with Gasteiger partial charge in [0, 0.05) is 19.1 Å². The van der Waals surface area contributed by atoms with Gasteiger partial charge in [0.15, 0.2) is 0 Å². The summed E-state index contributed by atoms with van der Waals surface area (Å²) >= 11 is 0. The lowest BCUT2D eigenvalue weighted by Crippen LogP contribution is -2.33. The maximum Gasteiger partial charge on any atom is 0.257 e. The number of nitrogens with two attached hydrogens (primary N) is 2. The van der Waals surface area contributed by atoms with Crippen molar-refractivity contribution in [3.8, 4) is 5.75 Å². The fourth-order valence-corrected chi connectivity index (χ4v) is 4.21. The molecule has 0 bridgehead atoms. The summed E-state index contributed by atoms with van der Waals surface area (Å²) in [6.45, 7) is 1.26. The van der Waals surface area contributed by atoms with Crippen molar-refractivity contribution in [1.82, 2.24) is 4.90 Å². The normalized spacial score (nSPS) is 27.1. The van der Waals surface area contributed by atoms with Crippen molar-refractivity contribution in [2.75, 3.05) is 20.2 Å². The molecule has 4 N–H and O–H groups in total. The first-order chi connectivity index (χ1) is 10.8. The highest BCUT2D eigenvalue weighted by atomic mass is 32.2. The molecule has 3 rings (SSSR count). The lowest BCUT2D eigenvalue weighted by atomic mass is 9.98. The van der Waals surface area contributed by atoms with Gasteiger partial charge in [-0.05, 0) is 42.9 Å². The topological polar surface area (TPSA) is 116 Å². The average Bonchev–Trinajstić information content (AvgIpc) is 3.07. The quantitative estimate of drug-likeness (QED) is 0.813. The van der Waals surface area contributed by atoms with Crippen LogP contribution in [-0.4, -0.2) is 45.5 Å². The molecule has 1 saturated heterocycles. The maximum absolute atomic E-state index is 12.8. The van der Waals surface area contributed by atoms with E-state index in [1.165, 1.54) is 25.3 Å². The molecule has 1 aliphatic carbocycles.